The third-order valence-electron chi connectivity index (χ3n) is 3.65. The molecule has 120 valence electrons. The van der Waals surface area contributed by atoms with Gasteiger partial charge in [-0.1, -0.05) is 19.1 Å². The lowest BCUT2D eigenvalue weighted by molar-refractivity contribution is 0.502. The molecule has 6 nitrogen and oxygen atoms in total. The Labute approximate surface area is 138 Å². The van der Waals surface area contributed by atoms with Crippen LogP contribution >= 0.6 is 0 Å². The fraction of sp³-hybridized carbons (Fsp3) is 0.222. The smallest absolute Gasteiger partial charge is 0.266 e. The van der Waals surface area contributed by atoms with Crippen LogP contribution in [0.3, 0.4) is 0 Å². The summed E-state index contributed by atoms with van der Waals surface area (Å²) in [6, 6.07) is 11.1. The van der Waals surface area contributed by atoms with Crippen LogP contribution in [0.15, 0.2) is 39.5 Å². The largest absolute Gasteiger partial charge is 0.421 e. The number of aromatic nitrogens is 3. The highest BCUT2D eigenvalue weighted by Crippen LogP contribution is 2.25. The molecule has 2 heterocycles. The zero-order valence-electron chi connectivity index (χ0n) is 13.5. The fourth-order valence-electron chi connectivity index (χ4n) is 2.50. The number of nitriles is 1. The van der Waals surface area contributed by atoms with Crippen LogP contribution in [0, 0.1) is 18.3 Å². The Kier molecular flexibility index (Phi) is 4.25. The summed E-state index contributed by atoms with van der Waals surface area (Å²) in [5, 5.41) is 17.3. The Bertz CT molecular complexity index is 962. The van der Waals surface area contributed by atoms with Crippen molar-refractivity contribution in [3.8, 4) is 28.7 Å². The van der Waals surface area contributed by atoms with E-state index in [0.717, 1.165) is 24.0 Å². The molecule has 6 heteroatoms. The highest BCUT2D eigenvalue weighted by molar-refractivity contribution is 5.72. The van der Waals surface area contributed by atoms with Gasteiger partial charge in [0.15, 0.2) is 0 Å². The minimum Gasteiger partial charge on any atom is -0.421 e. The number of aryl methyl sites for hydroxylation is 2. The summed E-state index contributed by atoms with van der Waals surface area (Å²) in [7, 11) is 0. The second-order valence-corrected chi connectivity index (χ2v) is 5.51. The molecule has 0 saturated carbocycles. The van der Waals surface area contributed by atoms with Crippen molar-refractivity contribution in [2.24, 2.45) is 0 Å². The number of hydrogen-bond acceptors (Lipinski definition) is 5. The lowest BCUT2D eigenvalue weighted by Crippen LogP contribution is -2.12. The monoisotopic (exact) mass is 320 g/mol. The van der Waals surface area contributed by atoms with Gasteiger partial charge in [-0.05, 0) is 37.1 Å². The van der Waals surface area contributed by atoms with E-state index in [4.69, 9.17) is 4.42 Å². The highest BCUT2D eigenvalue weighted by atomic mass is 16.4. The standard InChI is InChI=1S/C18H16N4O2/c1-3-4-16-21-22-18(24-16)13-7-5-12(6-8-13)14-9-11(2)20-17(23)15(14)10-19/h5-9H,3-4H2,1-2H3,(H,20,23). The van der Waals surface area contributed by atoms with Crippen molar-refractivity contribution in [2.75, 3.05) is 0 Å². The van der Waals surface area contributed by atoms with Crippen molar-refractivity contribution >= 4 is 0 Å². The second-order valence-electron chi connectivity index (χ2n) is 5.51. The van der Waals surface area contributed by atoms with E-state index in [1.165, 1.54) is 0 Å². The maximum atomic E-state index is 11.9. The summed E-state index contributed by atoms with van der Waals surface area (Å²) >= 11 is 0. The molecule has 0 amide bonds. The van der Waals surface area contributed by atoms with Gasteiger partial charge >= 0.3 is 0 Å². The van der Waals surface area contributed by atoms with Crippen LogP contribution in [-0.2, 0) is 6.42 Å². The molecule has 3 aromatic rings. The lowest BCUT2D eigenvalue weighted by atomic mass is 10.00. The first-order chi connectivity index (χ1) is 11.6. The molecule has 24 heavy (non-hydrogen) atoms. The molecular formula is C18H16N4O2. The Hall–Kier alpha value is -3.20. The number of H-pyrrole nitrogens is 1. The van der Waals surface area contributed by atoms with Crippen LogP contribution in [0.4, 0.5) is 0 Å². The SMILES string of the molecule is CCCc1nnc(-c2ccc(-c3cc(C)[nH]c(=O)c3C#N)cc2)o1. The van der Waals surface area contributed by atoms with E-state index < -0.39 is 0 Å². The van der Waals surface area contributed by atoms with Gasteiger partial charge in [-0.2, -0.15) is 5.26 Å². The molecule has 1 N–H and O–H groups in total. The van der Waals surface area contributed by atoms with Gasteiger partial charge in [0.25, 0.3) is 5.56 Å². The Morgan fingerprint density at radius 3 is 2.58 bits per heavy atom. The molecule has 0 aliphatic heterocycles. The van der Waals surface area contributed by atoms with Crippen LogP contribution in [-0.4, -0.2) is 15.2 Å². The summed E-state index contributed by atoms with van der Waals surface area (Å²) in [6.45, 7) is 3.84. The van der Waals surface area contributed by atoms with Crippen molar-refractivity contribution in [1.82, 2.24) is 15.2 Å². The Balaban J connectivity index is 1.98. The van der Waals surface area contributed by atoms with Crippen molar-refractivity contribution in [3.63, 3.8) is 0 Å². The maximum Gasteiger partial charge on any atom is 0.266 e. The average molecular weight is 320 g/mol. The average Bonchev–Trinajstić information content (AvgIpc) is 3.03. The van der Waals surface area contributed by atoms with Crippen molar-refractivity contribution in [1.29, 1.82) is 5.26 Å². The predicted molar refractivity (Wildman–Crippen MR) is 89.2 cm³/mol. The Morgan fingerprint density at radius 2 is 1.92 bits per heavy atom. The molecule has 2 aromatic heterocycles. The van der Waals surface area contributed by atoms with Crippen molar-refractivity contribution in [2.45, 2.75) is 26.7 Å². The first kappa shape index (κ1) is 15.7. The number of nitrogens with one attached hydrogen (secondary N) is 1. The molecule has 3 rings (SSSR count). The van der Waals surface area contributed by atoms with Gasteiger partial charge in [0.2, 0.25) is 11.8 Å². The van der Waals surface area contributed by atoms with E-state index in [0.29, 0.717) is 23.0 Å². The van der Waals surface area contributed by atoms with E-state index in [1.54, 1.807) is 13.0 Å². The predicted octanol–water partition coefficient (Wildman–Crippen LogP) is 3.22. The second kappa shape index (κ2) is 6.50. The normalized spacial score (nSPS) is 10.5. The summed E-state index contributed by atoms with van der Waals surface area (Å²) in [4.78, 5) is 14.5. The minimum absolute atomic E-state index is 0.108. The fourth-order valence-corrected chi connectivity index (χ4v) is 2.50. The van der Waals surface area contributed by atoms with Crippen LogP contribution in [0.25, 0.3) is 22.6 Å². The van der Waals surface area contributed by atoms with Crippen LogP contribution < -0.4 is 5.56 Å². The summed E-state index contributed by atoms with van der Waals surface area (Å²) in [5.74, 6) is 1.08. The van der Waals surface area contributed by atoms with Crippen LogP contribution in [0.2, 0.25) is 0 Å². The zero-order valence-corrected chi connectivity index (χ0v) is 13.5. The summed E-state index contributed by atoms with van der Waals surface area (Å²) < 4.78 is 5.61. The molecule has 0 atom stereocenters. The van der Waals surface area contributed by atoms with Crippen LogP contribution in [0.5, 0.6) is 0 Å². The lowest BCUT2D eigenvalue weighted by Gasteiger charge is -2.06. The molecule has 0 fully saturated rings. The number of nitrogens with zero attached hydrogens (tertiary/aromatic N) is 3. The number of pyridine rings is 1. The quantitative estimate of drug-likeness (QED) is 0.796. The number of benzene rings is 1. The van der Waals surface area contributed by atoms with E-state index in [-0.39, 0.29) is 11.1 Å². The van der Waals surface area contributed by atoms with Gasteiger partial charge in [-0.25, -0.2) is 0 Å². The van der Waals surface area contributed by atoms with Gasteiger partial charge in [0, 0.05) is 23.2 Å². The molecule has 0 aliphatic carbocycles. The zero-order chi connectivity index (χ0) is 17.1. The van der Waals surface area contributed by atoms with Gasteiger partial charge in [-0.3, -0.25) is 4.79 Å². The van der Waals surface area contributed by atoms with E-state index in [2.05, 4.69) is 22.1 Å². The van der Waals surface area contributed by atoms with E-state index in [1.807, 2.05) is 30.3 Å². The van der Waals surface area contributed by atoms with Gasteiger partial charge in [0.05, 0.1) is 0 Å². The van der Waals surface area contributed by atoms with E-state index in [9.17, 15) is 10.1 Å². The van der Waals surface area contributed by atoms with Gasteiger partial charge < -0.3 is 9.40 Å². The first-order valence-electron chi connectivity index (χ1n) is 7.69. The highest BCUT2D eigenvalue weighted by Gasteiger charge is 2.12. The summed E-state index contributed by atoms with van der Waals surface area (Å²) in [5.41, 5.74) is 2.64. The molecule has 0 bridgehead atoms. The summed E-state index contributed by atoms with van der Waals surface area (Å²) in [6.07, 6.45) is 1.70. The molecule has 0 radical (unpaired) electrons. The number of hydrogen-bond donors (Lipinski definition) is 1. The third-order valence-corrected chi connectivity index (χ3v) is 3.65. The first-order valence-corrected chi connectivity index (χ1v) is 7.69. The van der Waals surface area contributed by atoms with Crippen molar-refractivity contribution in [3.05, 3.63) is 57.8 Å². The molecule has 0 spiro atoms. The molecule has 1 aromatic carbocycles. The molecule has 0 unspecified atom stereocenters. The van der Waals surface area contributed by atoms with Gasteiger partial charge in [-0.15, -0.1) is 10.2 Å². The molecule has 0 saturated heterocycles. The minimum atomic E-state index is -0.377. The third kappa shape index (κ3) is 2.97. The number of aromatic amines is 1. The van der Waals surface area contributed by atoms with Gasteiger partial charge in [0.1, 0.15) is 11.6 Å². The molecule has 0 aliphatic rings. The maximum absolute atomic E-state index is 11.9. The molecular weight excluding hydrogens is 304 g/mol. The van der Waals surface area contributed by atoms with Crippen molar-refractivity contribution < 1.29 is 4.42 Å². The van der Waals surface area contributed by atoms with E-state index >= 15 is 0 Å². The topological polar surface area (TPSA) is 95.6 Å². The van der Waals surface area contributed by atoms with Crippen LogP contribution in [0.1, 0.15) is 30.5 Å². The Morgan fingerprint density at radius 1 is 1.21 bits per heavy atom. The number of rotatable bonds is 4.